The van der Waals surface area contributed by atoms with Crippen molar-refractivity contribution in [2.75, 3.05) is 13.7 Å². The summed E-state index contributed by atoms with van der Waals surface area (Å²) < 4.78 is 0. The van der Waals surface area contributed by atoms with Crippen LogP contribution in [0.5, 0.6) is 0 Å². The molecule has 0 rings (SSSR count). The van der Waals surface area contributed by atoms with E-state index < -0.39 is 0 Å². The first-order valence-corrected chi connectivity index (χ1v) is 2.70. The summed E-state index contributed by atoms with van der Waals surface area (Å²) in [4.78, 5) is 8.66. The Bertz CT molecular complexity index is 68.4. The van der Waals surface area contributed by atoms with E-state index in [4.69, 9.17) is 0 Å². The molecule has 0 aromatic heterocycles. The third kappa shape index (κ3) is 3.83. The highest BCUT2D eigenvalue weighted by atomic mass is 32.1. The molecule has 1 N–H and O–H groups in total. The number of thiocarbonyl (C=S) groups is 1. The fourth-order valence-corrected chi connectivity index (χ4v) is 0.462. The number of hydrogen-bond donors (Lipinski definition) is 1. The lowest BCUT2D eigenvalue weighted by Crippen LogP contribution is -2.22. The van der Waals surface area contributed by atoms with Crippen LogP contribution in [0.25, 0.3) is 0 Å². The number of rotatable bonds is 2. The molecule has 3 nitrogen and oxygen atoms in total. The second-order valence-electron chi connectivity index (χ2n) is 1.07. The van der Waals surface area contributed by atoms with Crippen LogP contribution < -0.4 is 5.32 Å². The Morgan fingerprint density at radius 3 is 2.75 bits per heavy atom. The van der Waals surface area contributed by atoms with E-state index in [0.29, 0.717) is 0 Å². The lowest BCUT2D eigenvalue weighted by atomic mass is 10.8. The highest BCUT2D eigenvalue weighted by molar-refractivity contribution is 7.80. The fraction of sp³-hybridized carbons (Fsp3) is 0.750. The van der Waals surface area contributed by atoms with Gasteiger partial charge in [0.15, 0.2) is 0 Å². The van der Waals surface area contributed by atoms with Crippen LogP contribution in [-0.4, -0.2) is 18.8 Å². The van der Waals surface area contributed by atoms with Crippen molar-refractivity contribution < 1.29 is 9.78 Å². The lowest BCUT2D eigenvalue weighted by Gasteiger charge is -2.00. The molecule has 0 amide bonds. The lowest BCUT2D eigenvalue weighted by molar-refractivity contribution is -0.194. The molecule has 0 aliphatic heterocycles. The molecule has 0 aliphatic rings. The van der Waals surface area contributed by atoms with Crippen LogP contribution in [0.4, 0.5) is 0 Å². The van der Waals surface area contributed by atoms with Gasteiger partial charge in [-0.1, -0.05) is 0 Å². The Kier molecular flexibility index (Phi) is 4.59. The molecule has 0 unspecified atom stereocenters. The van der Waals surface area contributed by atoms with Crippen molar-refractivity contribution in [2.45, 2.75) is 6.92 Å². The van der Waals surface area contributed by atoms with Crippen molar-refractivity contribution in [1.29, 1.82) is 0 Å². The number of nitrogens with one attached hydrogen (secondary N) is 1. The summed E-state index contributed by atoms with van der Waals surface area (Å²) in [5.74, 6) is 0. The van der Waals surface area contributed by atoms with Crippen molar-refractivity contribution in [1.82, 2.24) is 5.32 Å². The normalized spacial score (nSPS) is 8.25. The predicted molar refractivity (Wildman–Crippen MR) is 34.4 cm³/mol. The summed E-state index contributed by atoms with van der Waals surface area (Å²) in [5.41, 5.74) is 0. The summed E-state index contributed by atoms with van der Waals surface area (Å²) in [5, 5.41) is 3.00. The molecule has 0 bridgehead atoms. The van der Waals surface area contributed by atoms with Gasteiger partial charge in [0.25, 0.3) is 5.17 Å². The third-order valence-corrected chi connectivity index (χ3v) is 0.693. The fourth-order valence-electron chi connectivity index (χ4n) is 0.249. The minimum absolute atomic E-state index is 0.273. The van der Waals surface area contributed by atoms with Crippen LogP contribution in [0.15, 0.2) is 0 Å². The average molecular weight is 135 g/mol. The molecule has 0 spiro atoms. The van der Waals surface area contributed by atoms with Gasteiger partial charge in [0, 0.05) is 6.54 Å². The number of hydrogen-bond acceptors (Lipinski definition) is 3. The second kappa shape index (κ2) is 4.80. The molecule has 0 fully saturated rings. The first-order chi connectivity index (χ1) is 3.81. The zero-order chi connectivity index (χ0) is 6.41. The summed E-state index contributed by atoms with van der Waals surface area (Å²) in [7, 11) is 1.41. The topological polar surface area (TPSA) is 30.5 Å². The first kappa shape index (κ1) is 7.65. The van der Waals surface area contributed by atoms with Gasteiger partial charge in [-0.2, -0.15) is 4.89 Å². The standard InChI is InChI=1S/C4H9NO2S/c1-3-5-4(8)7-6-2/h3H2,1-2H3,(H,5,8). The zero-order valence-corrected chi connectivity index (χ0v) is 5.75. The Morgan fingerprint density at radius 2 is 2.38 bits per heavy atom. The van der Waals surface area contributed by atoms with E-state index in [-0.39, 0.29) is 5.17 Å². The van der Waals surface area contributed by atoms with Gasteiger partial charge in [0.05, 0.1) is 7.11 Å². The maximum atomic E-state index is 4.59. The van der Waals surface area contributed by atoms with E-state index in [9.17, 15) is 0 Å². The van der Waals surface area contributed by atoms with Crippen molar-refractivity contribution in [3.8, 4) is 0 Å². The second-order valence-corrected chi connectivity index (χ2v) is 1.44. The van der Waals surface area contributed by atoms with E-state index in [0.717, 1.165) is 6.54 Å². The Hall–Kier alpha value is -0.350. The van der Waals surface area contributed by atoms with E-state index in [1.54, 1.807) is 0 Å². The van der Waals surface area contributed by atoms with Gasteiger partial charge in [0.2, 0.25) is 0 Å². The largest absolute Gasteiger partial charge is 0.344 e. The van der Waals surface area contributed by atoms with E-state index >= 15 is 0 Å². The van der Waals surface area contributed by atoms with Crippen LogP contribution in [0, 0.1) is 0 Å². The van der Waals surface area contributed by atoms with Gasteiger partial charge in [-0.25, -0.2) is 0 Å². The van der Waals surface area contributed by atoms with Gasteiger partial charge in [-0.3, -0.25) is 0 Å². The van der Waals surface area contributed by atoms with Crippen LogP contribution in [0.1, 0.15) is 6.92 Å². The average Bonchev–Trinajstić information content (AvgIpc) is 1.68. The van der Waals surface area contributed by atoms with E-state index in [1.807, 2.05) is 6.92 Å². The summed E-state index contributed by atoms with van der Waals surface area (Å²) in [6, 6.07) is 0. The molecular formula is C4H9NO2S. The van der Waals surface area contributed by atoms with Crippen molar-refractivity contribution >= 4 is 17.4 Å². The van der Waals surface area contributed by atoms with Crippen LogP contribution in [-0.2, 0) is 9.78 Å². The van der Waals surface area contributed by atoms with Crippen molar-refractivity contribution in [3.05, 3.63) is 0 Å². The molecule has 4 heteroatoms. The van der Waals surface area contributed by atoms with Gasteiger partial charge in [-0.15, -0.1) is 0 Å². The molecule has 0 aliphatic carbocycles. The molecule has 8 heavy (non-hydrogen) atoms. The van der Waals surface area contributed by atoms with Crippen molar-refractivity contribution in [3.63, 3.8) is 0 Å². The Balaban J connectivity index is 3.06. The molecule has 48 valence electrons. The third-order valence-electron chi connectivity index (χ3n) is 0.480. The monoisotopic (exact) mass is 135 g/mol. The Morgan fingerprint density at radius 1 is 1.75 bits per heavy atom. The highest BCUT2D eigenvalue weighted by Gasteiger charge is 1.89. The maximum absolute atomic E-state index is 4.59. The SMILES string of the molecule is CCNC(=S)OOC. The van der Waals surface area contributed by atoms with Gasteiger partial charge in [0.1, 0.15) is 0 Å². The minimum Gasteiger partial charge on any atom is -0.344 e. The van der Waals surface area contributed by atoms with Gasteiger partial charge in [-0.05, 0) is 19.1 Å². The van der Waals surface area contributed by atoms with Gasteiger partial charge >= 0.3 is 0 Å². The minimum atomic E-state index is 0.273. The van der Waals surface area contributed by atoms with E-state index in [2.05, 4.69) is 27.3 Å². The smallest absolute Gasteiger partial charge is 0.296 e. The molecule has 0 aromatic carbocycles. The predicted octanol–water partition coefficient (Wildman–Crippen LogP) is 0.459. The van der Waals surface area contributed by atoms with Crippen LogP contribution in [0.3, 0.4) is 0 Å². The van der Waals surface area contributed by atoms with E-state index in [1.165, 1.54) is 7.11 Å². The van der Waals surface area contributed by atoms with Crippen LogP contribution >= 0.6 is 12.2 Å². The molecule has 0 saturated heterocycles. The van der Waals surface area contributed by atoms with Crippen LogP contribution in [0.2, 0.25) is 0 Å². The summed E-state index contributed by atoms with van der Waals surface area (Å²) in [6.07, 6.45) is 0. The van der Waals surface area contributed by atoms with Crippen molar-refractivity contribution in [2.24, 2.45) is 0 Å². The van der Waals surface area contributed by atoms with Gasteiger partial charge < -0.3 is 10.2 Å². The molecule has 0 atom stereocenters. The highest BCUT2D eigenvalue weighted by Crippen LogP contribution is 1.74. The quantitative estimate of drug-likeness (QED) is 0.338. The Labute approximate surface area is 53.9 Å². The summed E-state index contributed by atoms with van der Waals surface area (Å²) >= 11 is 4.59. The molecule has 0 aromatic rings. The molecule has 0 heterocycles. The molecule has 0 radical (unpaired) electrons. The zero-order valence-electron chi connectivity index (χ0n) is 4.93. The maximum Gasteiger partial charge on any atom is 0.296 e. The first-order valence-electron chi connectivity index (χ1n) is 2.29. The summed E-state index contributed by atoms with van der Waals surface area (Å²) in [6.45, 7) is 2.67. The molecular weight excluding hydrogens is 126 g/mol. The molecule has 0 saturated carbocycles.